The molecule has 4 aliphatic rings. The van der Waals surface area contributed by atoms with E-state index >= 15 is 0 Å². The van der Waals surface area contributed by atoms with E-state index in [0.29, 0.717) is 0 Å². The summed E-state index contributed by atoms with van der Waals surface area (Å²) in [6.07, 6.45) is 15.6. The summed E-state index contributed by atoms with van der Waals surface area (Å²) in [5.41, 5.74) is 0.126. The van der Waals surface area contributed by atoms with Gasteiger partial charge in [-0.3, -0.25) is 0 Å². The third-order valence-electron chi connectivity index (χ3n) is 5.26. The van der Waals surface area contributed by atoms with Crippen LogP contribution in [0.15, 0.2) is 0 Å². The molecule has 0 N–H and O–H groups in total. The van der Waals surface area contributed by atoms with E-state index in [-0.39, 0.29) is 5.41 Å². The maximum Gasteiger partial charge on any atom is 0.282 e. The number of hydrogen-bond donors (Lipinski definition) is 0. The quantitative estimate of drug-likeness (QED) is 0.569. The van der Waals surface area contributed by atoms with Gasteiger partial charge in [0.25, 0.3) is 5.97 Å². The Balaban J connectivity index is 1.53. The molecule has 3 aliphatic heterocycles. The summed E-state index contributed by atoms with van der Waals surface area (Å²) in [4.78, 5) is 0. The molecule has 0 aromatic heterocycles. The highest BCUT2D eigenvalue weighted by atomic mass is 16.9. The Morgan fingerprint density at radius 2 is 1.60 bits per heavy atom. The lowest BCUT2D eigenvalue weighted by atomic mass is 9.69. The van der Waals surface area contributed by atoms with Crippen LogP contribution in [0, 0.1) is 23.7 Å². The molecule has 3 heteroatoms. The van der Waals surface area contributed by atoms with Gasteiger partial charge in [-0.25, -0.2) is 0 Å². The van der Waals surface area contributed by atoms with Crippen LogP contribution in [0.1, 0.15) is 57.8 Å². The second-order valence-electron chi connectivity index (χ2n) is 6.66. The lowest BCUT2D eigenvalue weighted by molar-refractivity contribution is -0.476. The SMILES string of the molecule is C#CCCCCC12OCC(C3CCCCC3)(CO1)CO2. The van der Waals surface area contributed by atoms with Gasteiger partial charge in [0.1, 0.15) is 0 Å². The van der Waals surface area contributed by atoms with Crippen molar-refractivity contribution in [1.29, 1.82) is 0 Å². The number of unbranched alkanes of at least 4 members (excludes halogenated alkanes) is 2. The minimum Gasteiger partial charge on any atom is -0.327 e. The topological polar surface area (TPSA) is 27.7 Å². The van der Waals surface area contributed by atoms with Crippen molar-refractivity contribution in [2.45, 2.75) is 63.8 Å². The predicted molar refractivity (Wildman–Crippen MR) is 76.9 cm³/mol. The maximum atomic E-state index is 6.01. The van der Waals surface area contributed by atoms with E-state index in [1.165, 1.54) is 32.1 Å². The van der Waals surface area contributed by atoms with E-state index in [9.17, 15) is 0 Å². The van der Waals surface area contributed by atoms with Crippen LogP contribution in [0.5, 0.6) is 0 Å². The van der Waals surface area contributed by atoms with Gasteiger partial charge in [-0.05, 0) is 31.6 Å². The number of rotatable bonds is 5. The molecule has 3 heterocycles. The molecule has 0 unspecified atom stereocenters. The Morgan fingerprint density at radius 1 is 0.950 bits per heavy atom. The van der Waals surface area contributed by atoms with Crippen molar-refractivity contribution in [3.63, 3.8) is 0 Å². The number of hydrogen-bond acceptors (Lipinski definition) is 3. The molecular formula is C17H26O3. The molecule has 4 rings (SSSR count). The zero-order chi connectivity index (χ0) is 13.9. The highest BCUT2D eigenvalue weighted by Gasteiger charge is 2.55. The first-order valence-corrected chi connectivity index (χ1v) is 8.14. The molecule has 2 bridgehead atoms. The van der Waals surface area contributed by atoms with Gasteiger partial charge in [0, 0.05) is 18.3 Å². The van der Waals surface area contributed by atoms with Gasteiger partial charge in [-0.1, -0.05) is 19.3 Å². The van der Waals surface area contributed by atoms with Crippen LogP contribution in [0.3, 0.4) is 0 Å². The molecule has 0 radical (unpaired) electrons. The van der Waals surface area contributed by atoms with Gasteiger partial charge in [0.2, 0.25) is 0 Å². The van der Waals surface area contributed by atoms with Crippen molar-refractivity contribution in [3.05, 3.63) is 0 Å². The average molecular weight is 278 g/mol. The maximum absolute atomic E-state index is 6.01. The lowest BCUT2D eigenvalue weighted by Crippen LogP contribution is -2.62. The first-order valence-electron chi connectivity index (χ1n) is 8.14. The lowest BCUT2D eigenvalue weighted by Gasteiger charge is -2.55. The van der Waals surface area contributed by atoms with Crippen LogP contribution in [-0.2, 0) is 14.2 Å². The summed E-state index contributed by atoms with van der Waals surface area (Å²) in [7, 11) is 0. The van der Waals surface area contributed by atoms with Gasteiger partial charge in [0.15, 0.2) is 0 Å². The molecule has 112 valence electrons. The zero-order valence-electron chi connectivity index (χ0n) is 12.4. The van der Waals surface area contributed by atoms with E-state index in [0.717, 1.165) is 51.4 Å². The fourth-order valence-electron chi connectivity index (χ4n) is 3.86. The van der Waals surface area contributed by atoms with Crippen molar-refractivity contribution in [3.8, 4) is 12.3 Å². The predicted octanol–water partition coefficient (Wildman–Crippen LogP) is 3.48. The minimum absolute atomic E-state index is 0.126. The second kappa shape index (κ2) is 6.05. The van der Waals surface area contributed by atoms with Gasteiger partial charge in [-0.15, -0.1) is 12.3 Å². The first kappa shape index (κ1) is 14.4. The van der Waals surface area contributed by atoms with Crippen LogP contribution >= 0.6 is 0 Å². The number of ether oxygens (including phenoxy) is 3. The minimum atomic E-state index is -0.759. The molecule has 20 heavy (non-hydrogen) atoms. The molecule has 0 atom stereocenters. The Morgan fingerprint density at radius 3 is 2.20 bits per heavy atom. The third kappa shape index (κ3) is 2.74. The molecule has 4 fully saturated rings. The highest BCUT2D eigenvalue weighted by Crippen LogP contribution is 2.48. The molecule has 1 aliphatic carbocycles. The van der Waals surface area contributed by atoms with Gasteiger partial charge in [0.05, 0.1) is 19.8 Å². The summed E-state index contributed by atoms with van der Waals surface area (Å²) in [5, 5.41) is 0. The number of fused-ring (bicyclic) bond motifs is 3. The summed E-state index contributed by atoms with van der Waals surface area (Å²) < 4.78 is 18.0. The molecule has 0 aromatic carbocycles. The Hall–Kier alpha value is -0.560. The van der Waals surface area contributed by atoms with Gasteiger partial charge >= 0.3 is 0 Å². The molecule has 0 aromatic rings. The molecule has 1 saturated carbocycles. The van der Waals surface area contributed by atoms with Crippen LogP contribution in [0.4, 0.5) is 0 Å². The van der Waals surface area contributed by atoms with Crippen molar-refractivity contribution in [2.24, 2.45) is 11.3 Å². The van der Waals surface area contributed by atoms with Crippen LogP contribution < -0.4 is 0 Å². The molecule has 0 spiro atoms. The van der Waals surface area contributed by atoms with Crippen molar-refractivity contribution in [2.75, 3.05) is 19.8 Å². The van der Waals surface area contributed by atoms with E-state index in [1.807, 2.05) is 0 Å². The second-order valence-corrected chi connectivity index (χ2v) is 6.66. The summed E-state index contributed by atoms with van der Waals surface area (Å²) >= 11 is 0. The Bertz CT molecular complexity index is 340. The molecule has 3 saturated heterocycles. The smallest absolute Gasteiger partial charge is 0.282 e. The normalized spacial score (nSPS) is 37.8. The monoisotopic (exact) mass is 278 g/mol. The molecule has 0 amide bonds. The van der Waals surface area contributed by atoms with Crippen molar-refractivity contribution in [1.82, 2.24) is 0 Å². The standard InChI is InChI=1S/C17H26O3/c1-2-3-4-8-11-17-18-12-16(13-19-17,14-20-17)15-9-6-5-7-10-15/h1,15H,3-14H2. The zero-order valence-corrected chi connectivity index (χ0v) is 12.4. The highest BCUT2D eigenvalue weighted by molar-refractivity contribution is 4.94. The van der Waals surface area contributed by atoms with E-state index in [2.05, 4.69) is 5.92 Å². The Labute approximate surface area is 122 Å². The van der Waals surface area contributed by atoms with E-state index < -0.39 is 5.97 Å². The average Bonchev–Trinajstić information content (AvgIpc) is 2.54. The third-order valence-corrected chi connectivity index (χ3v) is 5.26. The van der Waals surface area contributed by atoms with Crippen LogP contribution in [0.2, 0.25) is 0 Å². The van der Waals surface area contributed by atoms with Gasteiger partial charge in [-0.2, -0.15) is 0 Å². The Kier molecular flexibility index (Phi) is 4.35. The summed E-state index contributed by atoms with van der Waals surface area (Å²) in [5.74, 6) is 2.63. The van der Waals surface area contributed by atoms with E-state index in [4.69, 9.17) is 20.6 Å². The molecule has 3 nitrogen and oxygen atoms in total. The van der Waals surface area contributed by atoms with Gasteiger partial charge < -0.3 is 14.2 Å². The van der Waals surface area contributed by atoms with Crippen molar-refractivity contribution >= 4 is 0 Å². The van der Waals surface area contributed by atoms with E-state index in [1.54, 1.807) is 0 Å². The van der Waals surface area contributed by atoms with Crippen molar-refractivity contribution < 1.29 is 14.2 Å². The molecular weight excluding hydrogens is 252 g/mol. The first-order chi connectivity index (χ1) is 9.79. The summed E-state index contributed by atoms with van der Waals surface area (Å²) in [6, 6.07) is 0. The summed E-state index contributed by atoms with van der Waals surface area (Å²) in [6.45, 7) is 2.44. The number of terminal acetylenes is 1. The van der Waals surface area contributed by atoms with Crippen LogP contribution in [-0.4, -0.2) is 25.8 Å². The fourth-order valence-corrected chi connectivity index (χ4v) is 3.86. The fraction of sp³-hybridized carbons (Fsp3) is 0.882. The largest absolute Gasteiger partial charge is 0.327 e. The van der Waals surface area contributed by atoms with Crippen LogP contribution in [0.25, 0.3) is 0 Å².